The lowest BCUT2D eigenvalue weighted by atomic mass is 10.1. The first-order chi connectivity index (χ1) is 8.99. The van der Waals surface area contributed by atoms with Gasteiger partial charge in [0.25, 0.3) is 11.6 Å². The number of rotatable bonds is 4. The molecule has 0 fully saturated rings. The summed E-state index contributed by atoms with van der Waals surface area (Å²) in [6.45, 7) is 1.87. The number of aromatic nitrogens is 2. The number of benzene rings is 1. The molecule has 0 aliphatic rings. The van der Waals surface area contributed by atoms with Crippen LogP contribution in [-0.4, -0.2) is 20.6 Å². The molecule has 19 heavy (non-hydrogen) atoms. The highest BCUT2D eigenvalue weighted by atomic mass is 16.6. The normalized spacial score (nSPS) is 12.1. The summed E-state index contributed by atoms with van der Waals surface area (Å²) in [5, 5.41) is 14.6. The van der Waals surface area contributed by atoms with Crippen molar-refractivity contribution in [1.82, 2.24) is 9.78 Å². The molecule has 1 heterocycles. The van der Waals surface area contributed by atoms with E-state index in [1.54, 1.807) is 23.0 Å². The topological polar surface area (TPSA) is 104 Å². The van der Waals surface area contributed by atoms with Crippen LogP contribution in [0.1, 0.15) is 28.9 Å². The van der Waals surface area contributed by atoms with Gasteiger partial charge in [0.2, 0.25) is 0 Å². The lowest BCUT2D eigenvalue weighted by Crippen LogP contribution is -2.10. The van der Waals surface area contributed by atoms with Gasteiger partial charge < -0.3 is 5.73 Å². The minimum absolute atomic E-state index is 0.0363. The van der Waals surface area contributed by atoms with E-state index in [1.165, 1.54) is 18.3 Å². The second kappa shape index (κ2) is 4.89. The fourth-order valence-electron chi connectivity index (χ4n) is 1.70. The van der Waals surface area contributed by atoms with Crippen LogP contribution in [0.15, 0.2) is 36.7 Å². The Bertz CT molecular complexity index is 618. The Labute approximate surface area is 108 Å². The van der Waals surface area contributed by atoms with Crippen LogP contribution in [0.25, 0.3) is 0 Å². The van der Waals surface area contributed by atoms with E-state index >= 15 is 0 Å². The van der Waals surface area contributed by atoms with Crippen molar-refractivity contribution in [1.29, 1.82) is 0 Å². The summed E-state index contributed by atoms with van der Waals surface area (Å²) in [7, 11) is 0. The minimum atomic E-state index is -0.540. The van der Waals surface area contributed by atoms with Crippen molar-refractivity contribution in [2.24, 2.45) is 5.73 Å². The second-order valence-electron chi connectivity index (χ2n) is 4.10. The van der Waals surface area contributed by atoms with Gasteiger partial charge in [-0.05, 0) is 12.5 Å². The molecule has 0 saturated heterocycles. The highest BCUT2D eigenvalue weighted by molar-refractivity contribution is 5.92. The molecule has 7 heteroatoms. The zero-order valence-electron chi connectivity index (χ0n) is 10.2. The first-order valence-electron chi connectivity index (χ1n) is 5.57. The molecule has 2 N–H and O–H groups in total. The Morgan fingerprint density at radius 2 is 2.05 bits per heavy atom. The maximum atomic E-state index is 11.0. The number of hydrogen-bond acceptors (Lipinski definition) is 4. The Morgan fingerprint density at radius 1 is 1.42 bits per heavy atom. The number of nitro benzene ring substituents is 1. The number of carbonyl (C=O) groups excluding carboxylic acids is 1. The van der Waals surface area contributed by atoms with Gasteiger partial charge in [-0.15, -0.1) is 0 Å². The zero-order valence-corrected chi connectivity index (χ0v) is 10.2. The van der Waals surface area contributed by atoms with Gasteiger partial charge in [0.15, 0.2) is 0 Å². The lowest BCUT2D eigenvalue weighted by molar-refractivity contribution is -0.384. The molecule has 98 valence electrons. The molecule has 0 bridgehead atoms. The number of amides is 1. The van der Waals surface area contributed by atoms with E-state index in [0.717, 1.165) is 5.56 Å². The van der Waals surface area contributed by atoms with Crippen LogP contribution in [0.5, 0.6) is 0 Å². The monoisotopic (exact) mass is 260 g/mol. The third-order valence-corrected chi connectivity index (χ3v) is 2.87. The van der Waals surface area contributed by atoms with Crippen LogP contribution < -0.4 is 5.73 Å². The van der Waals surface area contributed by atoms with E-state index in [0.29, 0.717) is 5.56 Å². The fraction of sp³-hybridized carbons (Fsp3) is 0.167. The van der Waals surface area contributed by atoms with E-state index in [9.17, 15) is 14.9 Å². The molecule has 0 spiro atoms. The highest BCUT2D eigenvalue weighted by Gasteiger charge is 2.13. The van der Waals surface area contributed by atoms with Crippen molar-refractivity contribution < 1.29 is 9.72 Å². The predicted molar refractivity (Wildman–Crippen MR) is 67.7 cm³/mol. The first-order valence-corrected chi connectivity index (χ1v) is 5.57. The van der Waals surface area contributed by atoms with Crippen molar-refractivity contribution >= 4 is 11.6 Å². The number of nitrogens with two attached hydrogens (primary N) is 1. The van der Waals surface area contributed by atoms with Crippen molar-refractivity contribution in [2.75, 3.05) is 0 Å². The third-order valence-electron chi connectivity index (χ3n) is 2.87. The van der Waals surface area contributed by atoms with Crippen molar-refractivity contribution in [3.63, 3.8) is 0 Å². The van der Waals surface area contributed by atoms with Gasteiger partial charge in [0.1, 0.15) is 0 Å². The standard InChI is InChI=1S/C12H12N4O3/c1-8(15-7-10(6-14-15)12(13)17)9-2-4-11(5-3-9)16(18)19/h2-8H,1H3,(H2,13,17). The summed E-state index contributed by atoms with van der Waals surface area (Å²) in [5.74, 6) is -0.540. The molecule has 1 aromatic carbocycles. The first kappa shape index (κ1) is 12.7. The van der Waals surface area contributed by atoms with Crippen LogP contribution in [0.2, 0.25) is 0 Å². The predicted octanol–water partition coefficient (Wildman–Crippen LogP) is 1.50. The molecule has 1 aromatic heterocycles. The summed E-state index contributed by atoms with van der Waals surface area (Å²) in [4.78, 5) is 21.1. The molecule has 0 saturated carbocycles. The Hall–Kier alpha value is -2.70. The maximum absolute atomic E-state index is 11.0. The Morgan fingerprint density at radius 3 is 2.53 bits per heavy atom. The third kappa shape index (κ3) is 2.59. The van der Waals surface area contributed by atoms with E-state index in [2.05, 4.69) is 5.10 Å². The molecule has 2 aromatic rings. The van der Waals surface area contributed by atoms with Crippen molar-refractivity contribution in [3.05, 3.63) is 57.9 Å². The number of nitrogens with zero attached hydrogens (tertiary/aromatic N) is 3. The van der Waals surface area contributed by atoms with Crippen LogP contribution >= 0.6 is 0 Å². The van der Waals surface area contributed by atoms with Gasteiger partial charge >= 0.3 is 0 Å². The molecule has 0 aliphatic heterocycles. The summed E-state index contributed by atoms with van der Waals surface area (Å²) in [6.07, 6.45) is 2.94. The molecule has 7 nitrogen and oxygen atoms in total. The molecule has 1 atom stereocenters. The maximum Gasteiger partial charge on any atom is 0.269 e. The van der Waals surface area contributed by atoms with E-state index in [4.69, 9.17) is 5.73 Å². The number of non-ortho nitro benzene ring substituents is 1. The second-order valence-corrected chi connectivity index (χ2v) is 4.10. The zero-order chi connectivity index (χ0) is 14.0. The summed E-state index contributed by atoms with van der Waals surface area (Å²) >= 11 is 0. The highest BCUT2D eigenvalue weighted by Crippen LogP contribution is 2.20. The number of primary amides is 1. The molecule has 1 amide bonds. The average Bonchev–Trinajstić information content (AvgIpc) is 2.87. The van der Waals surface area contributed by atoms with E-state index in [1.807, 2.05) is 6.92 Å². The molecule has 0 aliphatic carbocycles. The summed E-state index contributed by atoms with van der Waals surface area (Å²) in [5.41, 5.74) is 6.37. The van der Waals surface area contributed by atoms with Gasteiger partial charge in [0.05, 0.1) is 22.7 Å². The SMILES string of the molecule is CC(c1ccc([N+](=O)[O-])cc1)n1cc(C(N)=O)cn1. The fourth-order valence-corrected chi connectivity index (χ4v) is 1.70. The van der Waals surface area contributed by atoms with E-state index < -0.39 is 10.8 Å². The van der Waals surface area contributed by atoms with Gasteiger partial charge in [-0.2, -0.15) is 5.10 Å². The van der Waals surface area contributed by atoms with Gasteiger partial charge in [-0.1, -0.05) is 12.1 Å². The van der Waals surface area contributed by atoms with Crippen LogP contribution in [0.3, 0.4) is 0 Å². The summed E-state index contributed by atoms with van der Waals surface area (Å²) < 4.78 is 1.58. The Kier molecular flexibility index (Phi) is 3.28. The minimum Gasteiger partial charge on any atom is -0.366 e. The summed E-state index contributed by atoms with van der Waals surface area (Å²) in [6, 6.07) is 6.05. The Balaban J connectivity index is 2.25. The molecule has 0 radical (unpaired) electrons. The van der Waals surface area contributed by atoms with Crippen LogP contribution in [0.4, 0.5) is 5.69 Å². The van der Waals surface area contributed by atoms with Crippen LogP contribution in [0, 0.1) is 10.1 Å². The van der Waals surface area contributed by atoms with E-state index in [-0.39, 0.29) is 11.7 Å². The van der Waals surface area contributed by atoms with Gasteiger partial charge in [0, 0.05) is 18.3 Å². The van der Waals surface area contributed by atoms with Crippen LogP contribution in [-0.2, 0) is 0 Å². The largest absolute Gasteiger partial charge is 0.366 e. The van der Waals surface area contributed by atoms with Crippen molar-refractivity contribution in [3.8, 4) is 0 Å². The van der Waals surface area contributed by atoms with Gasteiger partial charge in [-0.25, -0.2) is 0 Å². The number of carbonyl (C=O) groups is 1. The molecular formula is C12H12N4O3. The van der Waals surface area contributed by atoms with Gasteiger partial charge in [-0.3, -0.25) is 19.6 Å². The molecular weight excluding hydrogens is 248 g/mol. The average molecular weight is 260 g/mol. The number of nitro groups is 1. The quantitative estimate of drug-likeness (QED) is 0.664. The van der Waals surface area contributed by atoms with Crippen molar-refractivity contribution in [2.45, 2.75) is 13.0 Å². The lowest BCUT2D eigenvalue weighted by Gasteiger charge is -2.12. The smallest absolute Gasteiger partial charge is 0.269 e. The molecule has 1 unspecified atom stereocenters. The number of hydrogen-bond donors (Lipinski definition) is 1. The molecule has 2 rings (SSSR count).